The lowest BCUT2D eigenvalue weighted by Crippen LogP contribution is -2.30. The van der Waals surface area contributed by atoms with Crippen molar-refractivity contribution in [3.05, 3.63) is 71.6 Å². The van der Waals surface area contributed by atoms with E-state index in [0.29, 0.717) is 6.54 Å². The van der Waals surface area contributed by atoms with Crippen molar-refractivity contribution < 1.29 is 0 Å². The number of nitrogens with zero attached hydrogens (tertiary/aromatic N) is 4. The van der Waals surface area contributed by atoms with Crippen LogP contribution in [0.2, 0.25) is 0 Å². The summed E-state index contributed by atoms with van der Waals surface area (Å²) in [4.78, 5) is 17.9. The molecule has 0 bridgehead atoms. The Morgan fingerprint density at radius 1 is 0.933 bits per heavy atom. The van der Waals surface area contributed by atoms with E-state index in [1.165, 1.54) is 30.4 Å². The van der Waals surface area contributed by atoms with E-state index in [9.17, 15) is 0 Å². The minimum absolute atomic E-state index is 0.639. The molecule has 0 radical (unpaired) electrons. The Morgan fingerprint density at radius 3 is 2.57 bits per heavy atom. The van der Waals surface area contributed by atoms with Gasteiger partial charge < -0.3 is 5.32 Å². The fourth-order valence-electron chi connectivity index (χ4n) is 4.01. The normalized spacial score (nSPS) is 14.8. The van der Waals surface area contributed by atoms with Crippen LogP contribution in [0.15, 0.2) is 60.1 Å². The van der Waals surface area contributed by atoms with Crippen LogP contribution >= 0.6 is 11.3 Å². The van der Waals surface area contributed by atoms with Gasteiger partial charge in [-0.2, -0.15) is 0 Å². The number of likely N-dealkylation sites (tertiary alicyclic amines) is 1. The average Bonchev–Trinajstić information content (AvgIpc) is 3.24. The van der Waals surface area contributed by atoms with Crippen molar-refractivity contribution in [3.8, 4) is 11.1 Å². The third-order valence-electron chi connectivity index (χ3n) is 5.54. The highest BCUT2D eigenvalue weighted by Crippen LogP contribution is 2.37. The molecule has 1 fully saturated rings. The smallest absolute Gasteiger partial charge is 0.146 e. The van der Waals surface area contributed by atoms with Crippen molar-refractivity contribution in [2.45, 2.75) is 32.4 Å². The molecule has 1 aliphatic heterocycles. The predicted octanol–water partition coefficient (Wildman–Crippen LogP) is 5.35. The van der Waals surface area contributed by atoms with Gasteiger partial charge in [-0.05, 0) is 43.6 Å². The first-order chi connectivity index (χ1) is 14.9. The van der Waals surface area contributed by atoms with Gasteiger partial charge in [-0.25, -0.2) is 9.97 Å². The number of fused-ring (bicyclic) bond motifs is 1. The number of aromatic nitrogens is 3. The molecule has 1 aromatic carbocycles. The van der Waals surface area contributed by atoms with Crippen LogP contribution < -0.4 is 5.32 Å². The minimum Gasteiger partial charge on any atom is -0.364 e. The van der Waals surface area contributed by atoms with Crippen LogP contribution in [0, 0.1) is 0 Å². The first-order valence-corrected chi connectivity index (χ1v) is 11.4. The van der Waals surface area contributed by atoms with E-state index in [-0.39, 0.29) is 0 Å². The summed E-state index contributed by atoms with van der Waals surface area (Å²) in [6.45, 7) is 3.72. The van der Waals surface area contributed by atoms with Gasteiger partial charge in [0, 0.05) is 17.1 Å². The number of hydrogen-bond acceptors (Lipinski definition) is 6. The second-order valence-corrected chi connectivity index (χ2v) is 8.55. The van der Waals surface area contributed by atoms with E-state index in [4.69, 9.17) is 9.97 Å². The van der Waals surface area contributed by atoms with Gasteiger partial charge in [-0.3, -0.25) is 9.88 Å². The molecule has 30 heavy (non-hydrogen) atoms. The molecule has 1 aliphatic rings. The Bertz CT molecular complexity index is 1100. The molecule has 0 atom stereocenters. The summed E-state index contributed by atoms with van der Waals surface area (Å²) in [6, 6.07) is 16.5. The topological polar surface area (TPSA) is 53.9 Å². The minimum atomic E-state index is 0.639. The molecular formula is C24H25N5S. The summed E-state index contributed by atoms with van der Waals surface area (Å²) in [5.74, 6) is 1.80. The predicted molar refractivity (Wildman–Crippen MR) is 124 cm³/mol. The van der Waals surface area contributed by atoms with Crippen molar-refractivity contribution in [2.75, 3.05) is 18.4 Å². The highest BCUT2D eigenvalue weighted by Gasteiger charge is 2.18. The lowest BCUT2D eigenvalue weighted by atomic mass is 10.1. The van der Waals surface area contributed by atoms with Crippen LogP contribution in [-0.4, -0.2) is 32.9 Å². The van der Waals surface area contributed by atoms with Gasteiger partial charge in [0.05, 0.1) is 24.2 Å². The SMILES string of the molecule is c1ccc(-c2csc3nc(CN4CCCCC4)nc(NCc4ccccn4)c23)cc1. The molecule has 4 heterocycles. The zero-order valence-corrected chi connectivity index (χ0v) is 17.7. The molecule has 1 saturated heterocycles. The van der Waals surface area contributed by atoms with Crippen LogP contribution in [0.5, 0.6) is 0 Å². The molecule has 0 amide bonds. The van der Waals surface area contributed by atoms with Crippen molar-refractivity contribution in [1.29, 1.82) is 0 Å². The van der Waals surface area contributed by atoms with Crippen LogP contribution in [-0.2, 0) is 13.1 Å². The Labute approximate surface area is 180 Å². The van der Waals surface area contributed by atoms with Crippen LogP contribution in [0.4, 0.5) is 5.82 Å². The molecule has 0 spiro atoms. The summed E-state index contributed by atoms with van der Waals surface area (Å²) >= 11 is 1.70. The van der Waals surface area contributed by atoms with Crippen LogP contribution in [0.1, 0.15) is 30.8 Å². The molecule has 5 rings (SSSR count). The highest BCUT2D eigenvalue weighted by atomic mass is 32.1. The molecule has 0 unspecified atom stereocenters. The van der Waals surface area contributed by atoms with Crippen LogP contribution in [0.25, 0.3) is 21.3 Å². The zero-order chi connectivity index (χ0) is 20.2. The Balaban J connectivity index is 1.52. The molecule has 5 nitrogen and oxygen atoms in total. The Morgan fingerprint density at radius 2 is 1.77 bits per heavy atom. The van der Waals surface area contributed by atoms with Gasteiger partial charge >= 0.3 is 0 Å². The van der Waals surface area contributed by atoms with Gasteiger partial charge in [0.2, 0.25) is 0 Å². The molecule has 4 aromatic rings. The van der Waals surface area contributed by atoms with E-state index in [0.717, 1.165) is 47.2 Å². The van der Waals surface area contributed by atoms with Crippen molar-refractivity contribution in [3.63, 3.8) is 0 Å². The van der Waals surface area contributed by atoms with Crippen molar-refractivity contribution in [1.82, 2.24) is 19.9 Å². The molecule has 3 aromatic heterocycles. The molecule has 1 N–H and O–H groups in total. The third-order valence-corrected chi connectivity index (χ3v) is 6.41. The van der Waals surface area contributed by atoms with Gasteiger partial charge in [-0.1, -0.05) is 42.8 Å². The summed E-state index contributed by atoms with van der Waals surface area (Å²) in [5, 5.41) is 6.85. The fourth-order valence-corrected chi connectivity index (χ4v) is 4.98. The van der Waals surface area contributed by atoms with Crippen LogP contribution in [0.3, 0.4) is 0 Å². The standard InChI is InChI=1S/C24H25N5S/c1-3-9-18(10-4-1)20-17-30-24-22(20)23(26-15-19-11-5-6-12-25-19)27-21(28-24)16-29-13-7-2-8-14-29/h1,3-6,9-12,17H,2,7-8,13-16H2,(H,26,27,28). The quantitative estimate of drug-likeness (QED) is 0.460. The molecule has 152 valence electrons. The number of nitrogens with one attached hydrogen (secondary N) is 1. The number of anilines is 1. The van der Waals surface area contributed by atoms with E-state index in [1.807, 2.05) is 30.5 Å². The van der Waals surface area contributed by atoms with E-state index in [2.05, 4.69) is 44.8 Å². The average molecular weight is 416 g/mol. The summed E-state index contributed by atoms with van der Waals surface area (Å²) in [5.41, 5.74) is 3.37. The first-order valence-electron chi connectivity index (χ1n) is 10.6. The third kappa shape index (κ3) is 4.20. The van der Waals surface area contributed by atoms with Gasteiger partial charge in [-0.15, -0.1) is 11.3 Å². The molecule has 0 aliphatic carbocycles. The monoisotopic (exact) mass is 415 g/mol. The number of thiophene rings is 1. The fraction of sp³-hybridized carbons (Fsp3) is 0.292. The lowest BCUT2D eigenvalue weighted by molar-refractivity contribution is 0.216. The number of piperidine rings is 1. The van der Waals surface area contributed by atoms with Crippen molar-refractivity contribution >= 4 is 27.4 Å². The number of rotatable bonds is 6. The highest BCUT2D eigenvalue weighted by molar-refractivity contribution is 7.17. The maximum atomic E-state index is 4.98. The van der Waals surface area contributed by atoms with Crippen molar-refractivity contribution in [2.24, 2.45) is 0 Å². The molecule has 6 heteroatoms. The van der Waals surface area contributed by atoms with Gasteiger partial charge in [0.15, 0.2) is 0 Å². The number of pyridine rings is 1. The first kappa shape index (κ1) is 19.2. The van der Waals surface area contributed by atoms with Gasteiger partial charge in [0.25, 0.3) is 0 Å². The Kier molecular flexibility index (Phi) is 5.68. The maximum Gasteiger partial charge on any atom is 0.146 e. The molecule has 0 saturated carbocycles. The lowest BCUT2D eigenvalue weighted by Gasteiger charge is -2.25. The zero-order valence-electron chi connectivity index (χ0n) is 16.9. The van der Waals surface area contributed by atoms with E-state index >= 15 is 0 Å². The second-order valence-electron chi connectivity index (χ2n) is 7.70. The Hall–Kier alpha value is -2.83. The van der Waals surface area contributed by atoms with E-state index < -0.39 is 0 Å². The second kappa shape index (κ2) is 8.90. The largest absolute Gasteiger partial charge is 0.364 e. The molecular weight excluding hydrogens is 390 g/mol. The maximum absolute atomic E-state index is 4.98. The summed E-state index contributed by atoms with van der Waals surface area (Å²) in [6.07, 6.45) is 5.70. The van der Waals surface area contributed by atoms with Gasteiger partial charge in [0.1, 0.15) is 16.5 Å². The number of benzene rings is 1. The summed E-state index contributed by atoms with van der Waals surface area (Å²) in [7, 11) is 0. The number of hydrogen-bond donors (Lipinski definition) is 1. The van der Waals surface area contributed by atoms with E-state index in [1.54, 1.807) is 11.3 Å². The summed E-state index contributed by atoms with van der Waals surface area (Å²) < 4.78 is 0.